The van der Waals surface area contributed by atoms with E-state index in [1.54, 1.807) is 0 Å². The second-order valence-corrected chi connectivity index (χ2v) is 10.4. The molecule has 0 spiro atoms. The molecule has 0 heteroatoms. The van der Waals surface area contributed by atoms with Crippen LogP contribution >= 0.6 is 0 Å². The molecule has 0 nitrogen and oxygen atoms in total. The van der Waals surface area contributed by atoms with Crippen LogP contribution in [0.4, 0.5) is 0 Å². The van der Waals surface area contributed by atoms with E-state index >= 15 is 0 Å². The summed E-state index contributed by atoms with van der Waals surface area (Å²) in [5, 5.41) is 24.7. The van der Waals surface area contributed by atoms with Gasteiger partial charge in [-0.15, -0.1) is 0 Å². The Kier molecular flexibility index (Phi) is 2.83. The predicted molar refractivity (Wildman–Crippen MR) is 158 cm³/mol. The first-order chi connectivity index (χ1) is 17.9. The van der Waals surface area contributed by atoms with Gasteiger partial charge >= 0.3 is 0 Å². The third-order valence-electron chi connectivity index (χ3n) is 8.87. The monoisotopic (exact) mass is 450 g/mol. The number of hydrogen-bond donors (Lipinski definition) is 0. The van der Waals surface area contributed by atoms with Crippen molar-refractivity contribution in [2.45, 2.75) is 0 Å². The molecular formula is C36H18. The standard InChI is InChI=1S/C36H18/c1-2-4-24-19(3-1)11-14-26-25(24)17-18-27-28-15-12-22-9-7-20-5-6-21-8-10-23-13-16-29(34(26)27)36-33(23)31(21)30(20)32(22)35(28)36/h1-18H. The molecule has 0 saturated carbocycles. The van der Waals surface area contributed by atoms with Gasteiger partial charge in [-0.2, -0.15) is 0 Å². The molecule has 0 aliphatic carbocycles. The molecule has 10 aromatic rings. The number of fused-ring (bicyclic) bond motifs is 7. The molecule has 0 N–H and O–H groups in total. The highest BCUT2D eigenvalue weighted by atomic mass is 14.2. The molecule has 0 atom stereocenters. The topological polar surface area (TPSA) is 0 Å². The molecule has 0 unspecified atom stereocenters. The molecule has 0 radical (unpaired) electrons. The summed E-state index contributed by atoms with van der Waals surface area (Å²) in [7, 11) is 0. The molecule has 0 fully saturated rings. The van der Waals surface area contributed by atoms with Gasteiger partial charge in [-0.1, -0.05) is 109 Å². The van der Waals surface area contributed by atoms with Crippen LogP contribution in [-0.2, 0) is 0 Å². The Morgan fingerprint density at radius 1 is 0.194 bits per heavy atom. The number of rotatable bonds is 0. The van der Waals surface area contributed by atoms with Crippen LogP contribution in [-0.4, -0.2) is 0 Å². The van der Waals surface area contributed by atoms with E-state index in [1.807, 2.05) is 0 Å². The van der Waals surface area contributed by atoms with E-state index in [0.717, 1.165) is 0 Å². The fourth-order valence-corrected chi connectivity index (χ4v) is 7.42. The summed E-state index contributed by atoms with van der Waals surface area (Å²) in [4.78, 5) is 0. The molecule has 162 valence electrons. The second kappa shape index (κ2) is 5.75. The van der Waals surface area contributed by atoms with Crippen molar-refractivity contribution in [3.05, 3.63) is 109 Å². The summed E-state index contributed by atoms with van der Waals surface area (Å²) in [6.45, 7) is 0. The first-order valence-corrected chi connectivity index (χ1v) is 12.7. The normalized spacial score (nSPS) is 13.0. The van der Waals surface area contributed by atoms with E-state index < -0.39 is 0 Å². The molecule has 0 aliphatic heterocycles. The van der Waals surface area contributed by atoms with E-state index in [1.165, 1.54) is 97.0 Å². The van der Waals surface area contributed by atoms with Crippen LogP contribution < -0.4 is 0 Å². The summed E-state index contributed by atoms with van der Waals surface area (Å²) < 4.78 is 0. The minimum atomic E-state index is 1.30. The van der Waals surface area contributed by atoms with Crippen LogP contribution in [0.1, 0.15) is 0 Å². The van der Waals surface area contributed by atoms with Crippen LogP contribution in [0.3, 0.4) is 0 Å². The lowest BCUT2D eigenvalue weighted by Gasteiger charge is -2.22. The smallest absolute Gasteiger partial charge is 0.000719 e. The van der Waals surface area contributed by atoms with Crippen molar-refractivity contribution in [1.29, 1.82) is 0 Å². The van der Waals surface area contributed by atoms with Gasteiger partial charge in [0.15, 0.2) is 0 Å². The highest BCUT2D eigenvalue weighted by Gasteiger charge is 2.22. The van der Waals surface area contributed by atoms with Crippen molar-refractivity contribution in [1.82, 2.24) is 0 Å². The third kappa shape index (κ3) is 1.83. The number of benzene rings is 10. The first-order valence-electron chi connectivity index (χ1n) is 12.7. The highest BCUT2D eigenvalue weighted by Crippen LogP contribution is 2.51. The lowest BCUT2D eigenvalue weighted by atomic mass is 9.80. The lowest BCUT2D eigenvalue weighted by Crippen LogP contribution is -1.94. The molecule has 36 heavy (non-hydrogen) atoms. The molecule has 0 bridgehead atoms. The fraction of sp³-hybridized carbons (Fsp3) is 0. The van der Waals surface area contributed by atoms with E-state index in [2.05, 4.69) is 109 Å². The van der Waals surface area contributed by atoms with Crippen molar-refractivity contribution < 1.29 is 0 Å². The fourth-order valence-electron chi connectivity index (χ4n) is 7.42. The van der Waals surface area contributed by atoms with Gasteiger partial charge in [0.25, 0.3) is 0 Å². The third-order valence-corrected chi connectivity index (χ3v) is 8.87. The molecule has 0 aromatic heterocycles. The SMILES string of the molecule is c1ccc2c(c1)ccc1c2ccc2c3ccc4ccc5ccc6ccc7ccc(c12)c1c7c6c5c4c31. The van der Waals surface area contributed by atoms with Gasteiger partial charge in [0.2, 0.25) is 0 Å². The maximum absolute atomic E-state index is 2.38. The van der Waals surface area contributed by atoms with Crippen molar-refractivity contribution in [3.63, 3.8) is 0 Å². The molecule has 0 aliphatic rings. The maximum atomic E-state index is 2.38. The summed E-state index contributed by atoms with van der Waals surface area (Å²) in [5.41, 5.74) is 0. The average Bonchev–Trinajstić information content (AvgIpc) is 2.95. The Morgan fingerprint density at radius 2 is 0.583 bits per heavy atom. The minimum Gasteiger partial charge on any atom is -0.0616 e. The molecule has 0 saturated heterocycles. The zero-order valence-electron chi connectivity index (χ0n) is 19.4. The van der Waals surface area contributed by atoms with Crippen LogP contribution in [0, 0.1) is 0 Å². The summed E-state index contributed by atoms with van der Waals surface area (Å²) in [6.07, 6.45) is 0. The van der Waals surface area contributed by atoms with Gasteiger partial charge < -0.3 is 0 Å². The molecule has 10 rings (SSSR count). The Morgan fingerprint density at radius 3 is 1.25 bits per heavy atom. The zero-order chi connectivity index (χ0) is 23.1. The zero-order valence-corrected chi connectivity index (χ0v) is 19.4. The summed E-state index contributed by atoms with van der Waals surface area (Å²) >= 11 is 0. The molecular weight excluding hydrogens is 432 g/mol. The van der Waals surface area contributed by atoms with Crippen LogP contribution in [0.5, 0.6) is 0 Å². The molecule has 0 amide bonds. The highest BCUT2D eigenvalue weighted by molar-refractivity contribution is 6.49. The van der Waals surface area contributed by atoms with Crippen molar-refractivity contribution in [2.75, 3.05) is 0 Å². The molecule has 10 aromatic carbocycles. The summed E-state index contributed by atoms with van der Waals surface area (Å²) in [6, 6.07) is 41.3. The van der Waals surface area contributed by atoms with Gasteiger partial charge in [0.1, 0.15) is 0 Å². The van der Waals surface area contributed by atoms with Crippen molar-refractivity contribution in [3.8, 4) is 0 Å². The number of hydrogen-bond acceptors (Lipinski definition) is 0. The van der Waals surface area contributed by atoms with Crippen LogP contribution in [0.2, 0.25) is 0 Å². The lowest BCUT2D eigenvalue weighted by molar-refractivity contribution is 1.79. The Labute approximate surface area is 206 Å². The van der Waals surface area contributed by atoms with Crippen molar-refractivity contribution in [2.24, 2.45) is 0 Å². The largest absolute Gasteiger partial charge is 0.0616 e. The van der Waals surface area contributed by atoms with Crippen molar-refractivity contribution >= 4 is 97.0 Å². The van der Waals surface area contributed by atoms with Crippen LogP contribution in [0.25, 0.3) is 97.0 Å². The second-order valence-electron chi connectivity index (χ2n) is 10.4. The predicted octanol–water partition coefficient (Wildman–Crippen LogP) is 10.4. The quantitative estimate of drug-likeness (QED) is 0.159. The van der Waals surface area contributed by atoms with Gasteiger partial charge in [-0.05, 0) is 97.0 Å². The van der Waals surface area contributed by atoms with E-state index in [4.69, 9.17) is 0 Å². The van der Waals surface area contributed by atoms with E-state index in [9.17, 15) is 0 Å². The summed E-state index contributed by atoms with van der Waals surface area (Å²) in [5.74, 6) is 0. The Bertz CT molecular complexity index is 2500. The van der Waals surface area contributed by atoms with Crippen LogP contribution in [0.15, 0.2) is 109 Å². The average molecular weight is 451 g/mol. The first kappa shape index (κ1) is 17.7. The van der Waals surface area contributed by atoms with E-state index in [0.29, 0.717) is 0 Å². The molecule has 0 heterocycles. The maximum Gasteiger partial charge on any atom is -0.000719 e. The minimum absolute atomic E-state index is 1.30. The van der Waals surface area contributed by atoms with Gasteiger partial charge in [-0.25, -0.2) is 0 Å². The van der Waals surface area contributed by atoms with Gasteiger partial charge in [-0.3, -0.25) is 0 Å². The Hall–Kier alpha value is -4.68. The van der Waals surface area contributed by atoms with E-state index in [-0.39, 0.29) is 0 Å². The Balaban J connectivity index is 1.63. The van der Waals surface area contributed by atoms with Gasteiger partial charge in [0.05, 0.1) is 0 Å². The van der Waals surface area contributed by atoms with Gasteiger partial charge in [0, 0.05) is 0 Å².